The molecule has 0 aromatic carbocycles. The van der Waals surface area contributed by atoms with Crippen molar-refractivity contribution in [3.63, 3.8) is 0 Å². The van der Waals surface area contributed by atoms with Gasteiger partial charge in [-0.05, 0) is 52.4 Å². The minimum atomic E-state index is -0.484. The largest absolute Gasteiger partial charge is 0.435 e. The molecule has 5 unspecified atom stereocenters. The van der Waals surface area contributed by atoms with Gasteiger partial charge in [0.15, 0.2) is 18.4 Å². The Hall–Kier alpha value is 0.630. The molecule has 0 saturated carbocycles. The van der Waals surface area contributed by atoms with Gasteiger partial charge < -0.3 is 37.9 Å². The van der Waals surface area contributed by atoms with Gasteiger partial charge in [0.1, 0.15) is 5.33 Å². The third-order valence-corrected chi connectivity index (χ3v) is 7.67. The van der Waals surface area contributed by atoms with Crippen LogP contribution in [-0.4, -0.2) is 92.4 Å². The van der Waals surface area contributed by atoms with Crippen molar-refractivity contribution in [1.82, 2.24) is 0 Å². The zero-order chi connectivity index (χ0) is 29.3. The van der Waals surface area contributed by atoms with Gasteiger partial charge in [-0.3, -0.25) is 4.79 Å². The predicted molar refractivity (Wildman–Crippen MR) is 161 cm³/mol. The number of hydrogen-bond acceptors (Lipinski definition) is 9. The number of halogens is 3. The molecular formula is C27H49Br3O9. The fourth-order valence-corrected chi connectivity index (χ4v) is 4.57. The van der Waals surface area contributed by atoms with Gasteiger partial charge in [0.2, 0.25) is 6.29 Å². The minimum Gasteiger partial charge on any atom is -0.435 e. The molecule has 0 bridgehead atoms. The molecule has 5 atom stereocenters. The molecule has 0 aromatic rings. The normalized spacial score (nSPS) is 26.3. The third-order valence-electron chi connectivity index (χ3n) is 5.77. The van der Waals surface area contributed by atoms with Crippen LogP contribution in [0.15, 0.2) is 0 Å². The molecular weight excluding hydrogens is 708 g/mol. The van der Waals surface area contributed by atoms with Crippen molar-refractivity contribution >= 4 is 53.8 Å². The first kappa shape index (κ1) is 37.7. The van der Waals surface area contributed by atoms with Crippen LogP contribution in [-0.2, 0) is 42.7 Å². The molecule has 0 amide bonds. The van der Waals surface area contributed by atoms with Crippen molar-refractivity contribution in [2.24, 2.45) is 5.41 Å². The fourth-order valence-electron chi connectivity index (χ4n) is 3.78. The lowest BCUT2D eigenvalue weighted by Crippen LogP contribution is -2.34. The maximum Gasteiger partial charge on any atom is 0.318 e. The van der Waals surface area contributed by atoms with Crippen molar-refractivity contribution < 1.29 is 42.7 Å². The van der Waals surface area contributed by atoms with E-state index in [4.69, 9.17) is 37.9 Å². The SMILES string of the molecule is BrCC(COC1CCCCO1)OC1CCCCO1.CC1(C)OCC(CBr)O1.COC(OC(=O)CBr)C(C)(C)C. The lowest BCUT2D eigenvalue weighted by molar-refractivity contribution is -0.218. The maximum absolute atomic E-state index is 10.9. The monoisotopic (exact) mass is 754 g/mol. The standard InChI is InChI=1S/C13H23BrO4.C8H15BrO3.C6H11BrO2/c14-9-11(18-13-6-2-4-8-16-13)10-17-12-5-1-3-7-15-12;1-8(2,3)7(11-4)12-6(10)5-9;1-6(2)8-4-5(3-7)9-6/h11-13H,1-10H2;7H,5H2,1-4H3;5H,3-4H2,1-2H3. The van der Waals surface area contributed by atoms with Crippen LogP contribution in [0.3, 0.4) is 0 Å². The van der Waals surface area contributed by atoms with Gasteiger partial charge >= 0.3 is 5.97 Å². The first-order valence-electron chi connectivity index (χ1n) is 13.7. The Kier molecular flexibility index (Phi) is 19.8. The molecule has 3 rings (SSSR count). The van der Waals surface area contributed by atoms with Gasteiger partial charge in [0.05, 0.1) is 25.4 Å². The van der Waals surface area contributed by atoms with Crippen LogP contribution in [0.5, 0.6) is 0 Å². The second-order valence-electron chi connectivity index (χ2n) is 11.0. The lowest BCUT2D eigenvalue weighted by atomic mass is 9.96. The summed E-state index contributed by atoms with van der Waals surface area (Å²) in [6.07, 6.45) is 6.34. The topological polar surface area (TPSA) is 90.9 Å². The minimum absolute atomic E-state index is 0.0404. The predicted octanol–water partition coefficient (Wildman–Crippen LogP) is 6.31. The second-order valence-corrected chi connectivity index (χ2v) is 12.9. The van der Waals surface area contributed by atoms with E-state index < -0.39 is 6.29 Å². The van der Waals surface area contributed by atoms with E-state index >= 15 is 0 Å². The van der Waals surface area contributed by atoms with Gasteiger partial charge in [-0.1, -0.05) is 68.6 Å². The van der Waals surface area contributed by atoms with Crippen molar-refractivity contribution in [3.05, 3.63) is 0 Å². The molecule has 9 nitrogen and oxygen atoms in total. The van der Waals surface area contributed by atoms with Gasteiger partial charge in [0.25, 0.3) is 0 Å². The Morgan fingerprint density at radius 2 is 1.62 bits per heavy atom. The van der Waals surface area contributed by atoms with E-state index in [1.807, 2.05) is 34.6 Å². The number of esters is 1. The summed E-state index contributed by atoms with van der Waals surface area (Å²) in [6.45, 7) is 12.6. The highest BCUT2D eigenvalue weighted by Crippen LogP contribution is 2.24. The first-order valence-corrected chi connectivity index (χ1v) is 17.0. The molecule has 0 aromatic heterocycles. The third kappa shape index (κ3) is 17.4. The molecule has 3 fully saturated rings. The van der Waals surface area contributed by atoms with Gasteiger partial charge in [-0.25, -0.2) is 0 Å². The van der Waals surface area contributed by atoms with E-state index in [2.05, 4.69) is 47.8 Å². The molecule has 232 valence electrons. The number of carbonyl (C=O) groups is 1. The first-order chi connectivity index (χ1) is 18.4. The Morgan fingerprint density at radius 1 is 1.00 bits per heavy atom. The van der Waals surface area contributed by atoms with E-state index in [0.717, 1.165) is 49.6 Å². The quantitative estimate of drug-likeness (QED) is 0.145. The lowest BCUT2D eigenvalue weighted by Gasteiger charge is -2.29. The summed E-state index contributed by atoms with van der Waals surface area (Å²) in [6, 6.07) is 0. The Bertz CT molecular complexity index is 636. The zero-order valence-corrected chi connectivity index (χ0v) is 29.1. The Labute approximate surface area is 260 Å². The summed E-state index contributed by atoms with van der Waals surface area (Å²) in [7, 11) is 1.53. The van der Waals surface area contributed by atoms with E-state index in [-0.39, 0.29) is 47.3 Å². The highest BCUT2D eigenvalue weighted by Gasteiger charge is 2.31. The molecule has 39 heavy (non-hydrogen) atoms. The number of ether oxygens (including phenoxy) is 8. The van der Waals surface area contributed by atoms with Crippen LogP contribution in [0.2, 0.25) is 0 Å². The van der Waals surface area contributed by atoms with E-state index in [0.29, 0.717) is 13.2 Å². The molecule has 3 aliphatic heterocycles. The highest BCUT2D eigenvalue weighted by atomic mass is 79.9. The van der Waals surface area contributed by atoms with Gasteiger partial charge in [-0.2, -0.15) is 0 Å². The smallest absolute Gasteiger partial charge is 0.318 e. The number of methoxy groups -OCH3 is 1. The average Bonchev–Trinajstić information content (AvgIpc) is 3.29. The van der Waals surface area contributed by atoms with Gasteiger partial charge in [-0.15, -0.1) is 0 Å². The van der Waals surface area contributed by atoms with Crippen molar-refractivity contribution in [1.29, 1.82) is 0 Å². The summed E-state index contributed by atoms with van der Waals surface area (Å²) >= 11 is 9.80. The summed E-state index contributed by atoms with van der Waals surface area (Å²) in [5.41, 5.74) is -0.188. The number of carbonyl (C=O) groups excluding carboxylic acids is 1. The highest BCUT2D eigenvalue weighted by molar-refractivity contribution is 9.09. The summed E-state index contributed by atoms with van der Waals surface area (Å²) < 4.78 is 43.5. The Morgan fingerprint density at radius 3 is 2.00 bits per heavy atom. The van der Waals surface area contributed by atoms with Crippen molar-refractivity contribution in [3.8, 4) is 0 Å². The molecule has 0 radical (unpaired) electrons. The molecule has 0 aliphatic carbocycles. The molecule has 3 heterocycles. The van der Waals surface area contributed by atoms with E-state index in [9.17, 15) is 4.79 Å². The summed E-state index contributed by atoms with van der Waals surface area (Å²) in [4.78, 5) is 10.9. The Balaban J connectivity index is 0.000000314. The van der Waals surface area contributed by atoms with Crippen LogP contribution < -0.4 is 0 Å². The van der Waals surface area contributed by atoms with Crippen molar-refractivity contribution in [2.75, 3.05) is 49.5 Å². The van der Waals surface area contributed by atoms with E-state index in [1.165, 1.54) is 20.0 Å². The van der Waals surface area contributed by atoms with Crippen molar-refractivity contribution in [2.45, 2.75) is 110 Å². The van der Waals surface area contributed by atoms with Crippen LogP contribution in [0.4, 0.5) is 0 Å². The zero-order valence-electron chi connectivity index (χ0n) is 24.4. The molecule has 0 spiro atoms. The maximum atomic E-state index is 10.9. The summed E-state index contributed by atoms with van der Waals surface area (Å²) in [5.74, 6) is -0.671. The molecule has 3 aliphatic rings. The number of hydrogen-bond donors (Lipinski definition) is 0. The van der Waals surface area contributed by atoms with Crippen LogP contribution in [0.25, 0.3) is 0 Å². The summed E-state index contributed by atoms with van der Waals surface area (Å²) in [5, 5.41) is 1.82. The van der Waals surface area contributed by atoms with Crippen LogP contribution in [0, 0.1) is 5.41 Å². The molecule has 12 heteroatoms. The second kappa shape index (κ2) is 20.5. The molecule has 0 N–H and O–H groups in total. The van der Waals surface area contributed by atoms with Crippen LogP contribution >= 0.6 is 47.8 Å². The van der Waals surface area contributed by atoms with E-state index in [1.54, 1.807) is 0 Å². The van der Waals surface area contributed by atoms with Crippen LogP contribution in [0.1, 0.15) is 73.1 Å². The molecule has 3 saturated heterocycles. The fraction of sp³-hybridized carbons (Fsp3) is 0.963. The van der Waals surface area contributed by atoms with Gasteiger partial charge in [0, 0.05) is 36.4 Å². The average molecular weight is 757 g/mol. The number of alkyl halides is 3. The number of rotatable bonds is 10.